The number of anilines is 1. The lowest BCUT2D eigenvalue weighted by Gasteiger charge is -2.28. The van der Waals surface area contributed by atoms with Gasteiger partial charge in [-0.25, -0.2) is 9.97 Å². The van der Waals surface area contributed by atoms with Gasteiger partial charge in [0.05, 0.1) is 21.5 Å². The van der Waals surface area contributed by atoms with Crippen LogP contribution in [0, 0.1) is 11.3 Å². The molecule has 5 rings (SSSR count). The number of thioether (sulfide) groups is 1. The van der Waals surface area contributed by atoms with Gasteiger partial charge in [-0.1, -0.05) is 65.6 Å². The number of amides is 1. The van der Waals surface area contributed by atoms with E-state index < -0.39 is 0 Å². The highest BCUT2D eigenvalue weighted by atomic mass is 32.2. The average molecular weight is 472 g/mol. The predicted molar refractivity (Wildman–Crippen MR) is 133 cm³/mol. The number of pyridine rings is 1. The van der Waals surface area contributed by atoms with Crippen LogP contribution in [0.15, 0.2) is 59.6 Å². The highest BCUT2D eigenvalue weighted by molar-refractivity contribution is 8.00. The Bertz CT molecular complexity index is 1340. The van der Waals surface area contributed by atoms with E-state index in [1.54, 1.807) is 0 Å². The summed E-state index contributed by atoms with van der Waals surface area (Å²) in [4.78, 5) is 24.2. The maximum absolute atomic E-state index is 12.7. The van der Waals surface area contributed by atoms with Crippen LogP contribution in [0.5, 0.6) is 0 Å². The van der Waals surface area contributed by atoms with E-state index in [2.05, 4.69) is 28.3 Å². The van der Waals surface area contributed by atoms with Gasteiger partial charge in [0.25, 0.3) is 0 Å². The van der Waals surface area contributed by atoms with Crippen molar-refractivity contribution in [2.75, 3.05) is 24.7 Å². The van der Waals surface area contributed by atoms with Crippen LogP contribution in [0.1, 0.15) is 16.8 Å². The third kappa shape index (κ3) is 4.48. The first kappa shape index (κ1) is 21.6. The Morgan fingerprint density at radius 3 is 2.76 bits per heavy atom. The molecule has 2 aromatic carbocycles. The molecule has 0 unspecified atom stereocenters. The fraction of sp³-hybridized carbons (Fsp3) is 0.200. The van der Waals surface area contributed by atoms with Gasteiger partial charge in [-0.3, -0.25) is 4.79 Å². The predicted octanol–water partition coefficient (Wildman–Crippen LogP) is 4.95. The van der Waals surface area contributed by atoms with Gasteiger partial charge in [-0.2, -0.15) is 5.26 Å². The number of rotatable bonds is 5. The topological polar surface area (TPSA) is 81.9 Å². The van der Waals surface area contributed by atoms with Gasteiger partial charge in [0, 0.05) is 30.8 Å². The molecule has 0 saturated heterocycles. The summed E-state index contributed by atoms with van der Waals surface area (Å²) in [6, 6.07) is 20.1. The molecule has 1 aliphatic rings. The number of aromatic nitrogens is 2. The number of nitrogens with zero attached hydrogens (tertiary/aromatic N) is 4. The highest BCUT2D eigenvalue weighted by Gasteiger charge is 2.25. The van der Waals surface area contributed by atoms with E-state index in [0.29, 0.717) is 15.7 Å². The van der Waals surface area contributed by atoms with Crippen LogP contribution in [0.2, 0.25) is 0 Å². The minimum absolute atomic E-state index is 0.157. The molecule has 1 aliphatic heterocycles. The Kier molecular flexibility index (Phi) is 6.09. The van der Waals surface area contributed by atoms with E-state index in [-0.39, 0.29) is 11.7 Å². The quantitative estimate of drug-likeness (QED) is 0.415. The van der Waals surface area contributed by atoms with Crippen molar-refractivity contribution in [2.24, 2.45) is 0 Å². The molecule has 0 radical (unpaired) electrons. The number of benzene rings is 2. The number of hydrogen-bond acceptors (Lipinski definition) is 7. The molecule has 3 heterocycles. The van der Waals surface area contributed by atoms with Crippen molar-refractivity contribution in [1.29, 1.82) is 5.26 Å². The summed E-state index contributed by atoms with van der Waals surface area (Å²) in [6.07, 6.45) is 0.822. The smallest absolute Gasteiger partial charge is 0.236 e. The van der Waals surface area contributed by atoms with Crippen LogP contribution in [0.4, 0.5) is 5.13 Å². The van der Waals surface area contributed by atoms with Gasteiger partial charge in [-0.15, -0.1) is 0 Å². The van der Waals surface area contributed by atoms with E-state index in [9.17, 15) is 10.1 Å². The molecule has 164 valence electrons. The zero-order valence-corrected chi connectivity index (χ0v) is 19.7. The molecule has 1 amide bonds. The summed E-state index contributed by atoms with van der Waals surface area (Å²) in [5.41, 5.74) is 5.46. The Labute approximate surface area is 200 Å². The van der Waals surface area contributed by atoms with Crippen LogP contribution in [-0.2, 0) is 17.8 Å². The van der Waals surface area contributed by atoms with E-state index in [4.69, 9.17) is 4.98 Å². The number of nitriles is 1. The van der Waals surface area contributed by atoms with Crippen molar-refractivity contribution < 1.29 is 4.79 Å². The van der Waals surface area contributed by atoms with Crippen LogP contribution >= 0.6 is 23.1 Å². The van der Waals surface area contributed by atoms with Crippen molar-refractivity contribution in [3.8, 4) is 17.2 Å². The third-order valence-corrected chi connectivity index (χ3v) is 7.49. The van der Waals surface area contributed by atoms with Crippen molar-refractivity contribution >= 4 is 44.4 Å². The first-order chi connectivity index (χ1) is 16.1. The van der Waals surface area contributed by atoms with Gasteiger partial charge in [-0.05, 0) is 30.3 Å². The second-order valence-corrected chi connectivity index (χ2v) is 9.88. The van der Waals surface area contributed by atoms with E-state index in [1.807, 2.05) is 54.6 Å². The summed E-state index contributed by atoms with van der Waals surface area (Å²) in [7, 11) is 2.08. The van der Waals surface area contributed by atoms with E-state index >= 15 is 0 Å². The molecule has 8 heteroatoms. The maximum Gasteiger partial charge on any atom is 0.236 e. The van der Waals surface area contributed by atoms with Crippen molar-refractivity contribution in [3.05, 3.63) is 71.4 Å². The number of fused-ring (bicyclic) bond motifs is 2. The average Bonchev–Trinajstić information content (AvgIpc) is 3.24. The molecule has 0 spiro atoms. The van der Waals surface area contributed by atoms with Gasteiger partial charge in [0.15, 0.2) is 5.13 Å². The molecule has 1 N–H and O–H groups in total. The fourth-order valence-corrected chi connectivity index (χ4v) is 5.71. The number of carbonyl (C=O) groups excluding carboxylic acids is 1. The molecule has 0 aliphatic carbocycles. The molecule has 0 bridgehead atoms. The van der Waals surface area contributed by atoms with Crippen molar-refractivity contribution in [3.63, 3.8) is 0 Å². The number of likely N-dealkylation sites (N-methyl/N-ethyl adjacent to an activating group) is 1. The van der Waals surface area contributed by atoms with Crippen molar-refractivity contribution in [2.45, 2.75) is 18.0 Å². The summed E-state index contributed by atoms with van der Waals surface area (Å²) in [5.74, 6) is -0.00620. The monoisotopic (exact) mass is 471 g/mol. The number of carbonyl (C=O) groups is 1. The minimum Gasteiger partial charge on any atom is -0.302 e. The lowest BCUT2D eigenvalue weighted by molar-refractivity contribution is -0.113. The van der Waals surface area contributed by atoms with Crippen molar-refractivity contribution in [1.82, 2.24) is 14.9 Å². The Hall–Kier alpha value is -3.25. The zero-order chi connectivity index (χ0) is 22.8. The number of nitrogens with one attached hydrogen (secondary N) is 1. The van der Waals surface area contributed by atoms with Gasteiger partial charge >= 0.3 is 0 Å². The van der Waals surface area contributed by atoms with Crippen LogP contribution in [0.25, 0.3) is 21.3 Å². The second kappa shape index (κ2) is 9.32. The first-order valence-corrected chi connectivity index (χ1v) is 12.4. The maximum atomic E-state index is 12.7. The summed E-state index contributed by atoms with van der Waals surface area (Å²) >= 11 is 2.75. The van der Waals surface area contributed by atoms with Gasteiger partial charge in [0.1, 0.15) is 11.1 Å². The van der Waals surface area contributed by atoms with Crippen LogP contribution in [0.3, 0.4) is 0 Å². The Morgan fingerprint density at radius 2 is 1.97 bits per heavy atom. The molecule has 0 saturated carbocycles. The van der Waals surface area contributed by atoms with Gasteiger partial charge in [0.2, 0.25) is 5.91 Å². The molecule has 2 aromatic heterocycles. The number of hydrogen-bond donors (Lipinski definition) is 1. The Balaban J connectivity index is 1.43. The molecule has 0 atom stereocenters. The number of thiazole rings is 1. The SMILES string of the molecule is CN1CCc2nc(SCC(=O)Nc3nc4ccccc4s3)c(C#N)c(-c3ccccc3)c2C1. The van der Waals surface area contributed by atoms with Gasteiger partial charge < -0.3 is 10.2 Å². The molecule has 0 fully saturated rings. The molecular formula is C25H21N5OS2. The summed E-state index contributed by atoms with van der Waals surface area (Å²) in [5, 5.41) is 14.2. The largest absolute Gasteiger partial charge is 0.302 e. The third-order valence-electron chi connectivity index (χ3n) is 5.56. The number of para-hydroxylation sites is 1. The standard InChI is InChI=1S/C25H21N5OS2/c1-30-12-11-19-18(14-30)23(16-7-3-2-4-8-16)17(13-26)24(27-19)32-15-22(31)29-25-28-20-9-5-6-10-21(20)33-25/h2-10H,11-12,14-15H2,1H3,(H,28,29,31). The van der Waals surface area contributed by atoms with Crippen LogP contribution < -0.4 is 5.32 Å². The normalized spacial score (nSPS) is 13.5. The summed E-state index contributed by atoms with van der Waals surface area (Å²) in [6.45, 7) is 1.67. The van der Waals surface area contributed by atoms with E-state index in [1.165, 1.54) is 23.1 Å². The first-order valence-electron chi connectivity index (χ1n) is 10.6. The molecule has 33 heavy (non-hydrogen) atoms. The molecular weight excluding hydrogens is 450 g/mol. The highest BCUT2D eigenvalue weighted by Crippen LogP contribution is 2.37. The Morgan fingerprint density at radius 1 is 1.18 bits per heavy atom. The van der Waals surface area contributed by atoms with Crippen LogP contribution in [-0.4, -0.2) is 40.1 Å². The van der Waals surface area contributed by atoms with E-state index in [0.717, 1.165) is 52.1 Å². The minimum atomic E-state index is -0.163. The molecule has 4 aromatic rings. The summed E-state index contributed by atoms with van der Waals surface area (Å²) < 4.78 is 1.03. The fourth-order valence-electron chi connectivity index (χ4n) is 4.02. The lowest BCUT2D eigenvalue weighted by Crippen LogP contribution is -2.28. The molecule has 6 nitrogen and oxygen atoms in total. The lowest BCUT2D eigenvalue weighted by atomic mass is 9.92. The zero-order valence-electron chi connectivity index (χ0n) is 18.0. The second-order valence-electron chi connectivity index (χ2n) is 7.88.